The number of ether oxygens (including phenoxy) is 1. The lowest BCUT2D eigenvalue weighted by molar-refractivity contribution is -0.127. The lowest BCUT2D eigenvalue weighted by Crippen LogP contribution is -2.23. The number of imidazole rings is 1. The maximum absolute atomic E-state index is 12.3. The summed E-state index contributed by atoms with van der Waals surface area (Å²) in [5.74, 6) is 0.452. The Labute approximate surface area is 211 Å². The smallest absolute Gasteiger partial charge is 0.220 e. The number of ketones is 2. The SMILES string of the molecule is CC[C@@H](CCC(=O)CC(=O)CCCCCn1c(CCOC)nc2c(N)nc3ccccc3c21)C(N)=O. The molecule has 0 spiro atoms. The minimum absolute atomic E-state index is 0.0502. The number of pyridine rings is 1. The number of hydrogen-bond donors (Lipinski definition) is 2. The molecule has 36 heavy (non-hydrogen) atoms. The van der Waals surface area contributed by atoms with Gasteiger partial charge in [-0.25, -0.2) is 9.97 Å². The number of Topliss-reactive ketones (excluding diaryl/α,β-unsaturated/α-hetero) is 2. The van der Waals surface area contributed by atoms with Crippen LogP contribution in [0.15, 0.2) is 24.3 Å². The highest BCUT2D eigenvalue weighted by Gasteiger charge is 2.18. The van der Waals surface area contributed by atoms with Gasteiger partial charge in [-0.15, -0.1) is 0 Å². The number of hydrogen-bond acceptors (Lipinski definition) is 7. The molecule has 0 saturated carbocycles. The number of amides is 1. The first kappa shape index (κ1) is 27.3. The van der Waals surface area contributed by atoms with Gasteiger partial charge in [0.05, 0.1) is 24.1 Å². The molecule has 9 heteroatoms. The van der Waals surface area contributed by atoms with E-state index in [2.05, 4.69) is 9.55 Å². The highest BCUT2D eigenvalue weighted by atomic mass is 16.5. The number of nitrogens with two attached hydrogens (primary N) is 2. The van der Waals surface area contributed by atoms with E-state index in [-0.39, 0.29) is 36.2 Å². The molecule has 3 aromatic rings. The highest BCUT2D eigenvalue weighted by Crippen LogP contribution is 2.29. The van der Waals surface area contributed by atoms with E-state index in [1.165, 1.54) is 0 Å². The van der Waals surface area contributed by atoms with Crippen molar-refractivity contribution in [3.63, 3.8) is 0 Å². The summed E-state index contributed by atoms with van der Waals surface area (Å²) in [7, 11) is 1.67. The summed E-state index contributed by atoms with van der Waals surface area (Å²) in [5.41, 5.74) is 14.1. The van der Waals surface area contributed by atoms with E-state index in [9.17, 15) is 14.4 Å². The molecule has 0 aliphatic carbocycles. The number of methoxy groups -OCH3 is 1. The van der Waals surface area contributed by atoms with Crippen LogP contribution in [-0.2, 0) is 32.1 Å². The van der Waals surface area contributed by atoms with Gasteiger partial charge in [0.25, 0.3) is 0 Å². The van der Waals surface area contributed by atoms with Crippen molar-refractivity contribution < 1.29 is 19.1 Å². The first-order valence-electron chi connectivity index (χ1n) is 12.7. The fourth-order valence-electron chi connectivity index (χ4n) is 4.58. The van der Waals surface area contributed by atoms with Gasteiger partial charge >= 0.3 is 0 Å². The van der Waals surface area contributed by atoms with Gasteiger partial charge in [0.15, 0.2) is 5.82 Å². The second-order valence-electron chi connectivity index (χ2n) is 9.24. The number of fused-ring (bicyclic) bond motifs is 3. The summed E-state index contributed by atoms with van der Waals surface area (Å²) in [6, 6.07) is 7.90. The Balaban J connectivity index is 1.57. The molecule has 2 aromatic heterocycles. The average Bonchev–Trinajstić information content (AvgIpc) is 3.22. The number of carbonyl (C=O) groups excluding carboxylic acids is 3. The maximum atomic E-state index is 12.3. The van der Waals surface area contributed by atoms with Crippen LogP contribution in [0.3, 0.4) is 0 Å². The zero-order valence-corrected chi connectivity index (χ0v) is 21.3. The van der Waals surface area contributed by atoms with Crippen LogP contribution in [0.4, 0.5) is 5.82 Å². The molecule has 3 rings (SSSR count). The number of aromatic nitrogens is 3. The van der Waals surface area contributed by atoms with Gasteiger partial charge in [-0.3, -0.25) is 14.4 Å². The molecule has 1 aromatic carbocycles. The molecule has 0 radical (unpaired) electrons. The van der Waals surface area contributed by atoms with Crippen molar-refractivity contribution in [2.75, 3.05) is 19.5 Å². The van der Waals surface area contributed by atoms with Gasteiger partial charge in [0.2, 0.25) is 5.91 Å². The Bertz CT molecular complexity index is 1220. The largest absolute Gasteiger partial charge is 0.384 e. The third-order valence-corrected chi connectivity index (χ3v) is 6.62. The van der Waals surface area contributed by atoms with Crippen molar-refractivity contribution in [3.05, 3.63) is 30.1 Å². The van der Waals surface area contributed by atoms with Crippen LogP contribution in [0.5, 0.6) is 0 Å². The predicted molar refractivity (Wildman–Crippen MR) is 140 cm³/mol. The van der Waals surface area contributed by atoms with E-state index in [0.29, 0.717) is 43.6 Å². The normalized spacial score (nSPS) is 12.3. The number of anilines is 1. The van der Waals surface area contributed by atoms with Crippen molar-refractivity contribution in [2.45, 2.75) is 71.3 Å². The van der Waals surface area contributed by atoms with Crippen LogP contribution in [0.1, 0.15) is 64.1 Å². The van der Waals surface area contributed by atoms with Gasteiger partial charge in [-0.1, -0.05) is 31.5 Å². The van der Waals surface area contributed by atoms with E-state index in [1.54, 1.807) is 7.11 Å². The molecular formula is C27H37N5O4. The Kier molecular flexibility index (Phi) is 9.93. The summed E-state index contributed by atoms with van der Waals surface area (Å²) in [6.07, 6.45) is 4.63. The second-order valence-corrected chi connectivity index (χ2v) is 9.24. The van der Waals surface area contributed by atoms with Crippen LogP contribution in [0, 0.1) is 5.92 Å². The Hall–Kier alpha value is -3.33. The van der Waals surface area contributed by atoms with Crippen molar-refractivity contribution in [3.8, 4) is 0 Å². The number of unbranched alkanes of at least 4 members (excludes halogenated alkanes) is 2. The third kappa shape index (κ3) is 6.87. The molecule has 2 heterocycles. The molecule has 4 N–H and O–H groups in total. The monoisotopic (exact) mass is 495 g/mol. The van der Waals surface area contributed by atoms with E-state index in [1.807, 2.05) is 31.2 Å². The molecule has 9 nitrogen and oxygen atoms in total. The molecule has 0 fully saturated rings. The fourth-order valence-corrected chi connectivity index (χ4v) is 4.58. The standard InChI is InChI=1S/C27H37N5O4/c1-3-18(27(29)35)12-13-20(34)17-19(33)9-5-4-8-15-32-23(14-16-36-2)31-24-25(32)21-10-6-7-11-22(21)30-26(24)28/h6-7,10-11,18H,3-5,8-9,12-17H2,1-2H3,(H2,28,30)(H2,29,35)/t18-/m0/s1. The topological polar surface area (TPSA) is 143 Å². The maximum Gasteiger partial charge on any atom is 0.220 e. The minimum atomic E-state index is -0.389. The number of benzene rings is 1. The summed E-state index contributed by atoms with van der Waals surface area (Å²) in [4.78, 5) is 45.0. The number of nitrogens with zero attached hydrogens (tertiary/aromatic N) is 3. The van der Waals surface area contributed by atoms with E-state index < -0.39 is 0 Å². The summed E-state index contributed by atoms with van der Waals surface area (Å²) in [6.45, 7) is 3.16. The molecule has 0 saturated heterocycles. The van der Waals surface area contributed by atoms with Crippen LogP contribution in [0.25, 0.3) is 21.9 Å². The van der Waals surface area contributed by atoms with Crippen molar-refractivity contribution in [1.82, 2.24) is 14.5 Å². The Morgan fingerprint density at radius 2 is 1.81 bits per heavy atom. The summed E-state index contributed by atoms with van der Waals surface area (Å²) in [5, 5.41) is 1.01. The van der Waals surface area contributed by atoms with Gasteiger partial charge < -0.3 is 20.8 Å². The molecule has 1 atom stereocenters. The first-order valence-corrected chi connectivity index (χ1v) is 12.7. The Morgan fingerprint density at radius 3 is 2.53 bits per heavy atom. The third-order valence-electron chi connectivity index (χ3n) is 6.62. The number of carbonyl (C=O) groups is 3. The fraction of sp³-hybridized carbons (Fsp3) is 0.519. The van der Waals surface area contributed by atoms with Crippen LogP contribution in [0.2, 0.25) is 0 Å². The van der Waals surface area contributed by atoms with Gasteiger partial charge in [-0.2, -0.15) is 0 Å². The van der Waals surface area contributed by atoms with Gasteiger partial charge in [0, 0.05) is 44.2 Å². The average molecular weight is 496 g/mol. The van der Waals surface area contributed by atoms with E-state index in [4.69, 9.17) is 21.2 Å². The van der Waals surface area contributed by atoms with Crippen LogP contribution >= 0.6 is 0 Å². The number of para-hydroxylation sites is 1. The summed E-state index contributed by atoms with van der Waals surface area (Å²) < 4.78 is 7.47. The molecule has 194 valence electrons. The number of rotatable bonds is 16. The lowest BCUT2D eigenvalue weighted by atomic mass is 9.96. The van der Waals surface area contributed by atoms with Crippen LogP contribution < -0.4 is 11.5 Å². The molecule has 0 bridgehead atoms. The van der Waals surface area contributed by atoms with Gasteiger partial charge in [-0.05, 0) is 31.7 Å². The number of aryl methyl sites for hydroxylation is 1. The van der Waals surface area contributed by atoms with E-state index >= 15 is 0 Å². The number of nitrogen functional groups attached to an aromatic ring is 1. The van der Waals surface area contributed by atoms with Crippen molar-refractivity contribution >= 4 is 45.2 Å². The second kappa shape index (κ2) is 13.1. The highest BCUT2D eigenvalue weighted by molar-refractivity contribution is 6.06. The molecule has 0 aliphatic rings. The summed E-state index contributed by atoms with van der Waals surface area (Å²) >= 11 is 0. The first-order chi connectivity index (χ1) is 17.3. The molecule has 0 unspecified atom stereocenters. The number of primary amides is 1. The van der Waals surface area contributed by atoms with E-state index in [0.717, 1.165) is 48.1 Å². The Morgan fingerprint density at radius 1 is 1.06 bits per heavy atom. The van der Waals surface area contributed by atoms with Crippen molar-refractivity contribution in [1.29, 1.82) is 0 Å². The van der Waals surface area contributed by atoms with Gasteiger partial charge in [0.1, 0.15) is 22.9 Å². The minimum Gasteiger partial charge on any atom is -0.384 e. The van der Waals surface area contributed by atoms with Crippen LogP contribution in [-0.4, -0.2) is 45.7 Å². The lowest BCUT2D eigenvalue weighted by Gasteiger charge is -2.11. The zero-order valence-electron chi connectivity index (χ0n) is 21.3. The molecular weight excluding hydrogens is 458 g/mol. The quantitative estimate of drug-likeness (QED) is 0.228. The van der Waals surface area contributed by atoms with Crippen molar-refractivity contribution in [2.24, 2.45) is 11.7 Å². The molecule has 1 amide bonds. The zero-order chi connectivity index (χ0) is 26.1. The molecule has 0 aliphatic heterocycles. The predicted octanol–water partition coefficient (Wildman–Crippen LogP) is 3.74.